The first kappa shape index (κ1) is 9.00. The van der Waals surface area contributed by atoms with Crippen LogP contribution >= 0.6 is 0 Å². The maximum atomic E-state index is 11.6. The number of carbonyl (C=O) groups is 1. The molecule has 2 heterocycles. The first-order chi connectivity index (χ1) is 6.31. The van der Waals surface area contributed by atoms with Crippen LogP contribution in [-0.2, 0) is 4.79 Å². The molecule has 0 bridgehead atoms. The van der Waals surface area contributed by atoms with Crippen molar-refractivity contribution in [1.29, 1.82) is 0 Å². The number of carbonyl (C=O) groups excluding carboxylic acids is 1. The molecule has 1 N–H and O–H groups in total. The van der Waals surface area contributed by atoms with Crippen LogP contribution in [0.4, 0.5) is 0 Å². The van der Waals surface area contributed by atoms with Crippen molar-refractivity contribution in [2.75, 3.05) is 26.2 Å². The van der Waals surface area contributed by atoms with E-state index < -0.39 is 0 Å². The first-order valence-corrected chi connectivity index (χ1v) is 5.30. The molecule has 2 rings (SSSR count). The average molecular weight is 182 g/mol. The van der Waals surface area contributed by atoms with Crippen molar-refractivity contribution in [1.82, 2.24) is 10.2 Å². The number of rotatable bonds is 3. The van der Waals surface area contributed by atoms with Gasteiger partial charge in [-0.2, -0.15) is 0 Å². The number of nitrogens with zero attached hydrogens (tertiary/aromatic N) is 1. The Morgan fingerprint density at radius 3 is 2.62 bits per heavy atom. The first-order valence-electron chi connectivity index (χ1n) is 5.30. The summed E-state index contributed by atoms with van der Waals surface area (Å²) in [4.78, 5) is 13.7. The van der Waals surface area contributed by atoms with Crippen molar-refractivity contribution in [2.45, 2.75) is 19.8 Å². The number of likely N-dealkylation sites (tertiary alicyclic amines) is 1. The van der Waals surface area contributed by atoms with E-state index in [1.807, 2.05) is 4.90 Å². The maximum absolute atomic E-state index is 11.6. The second-order valence-electron chi connectivity index (χ2n) is 4.25. The fraction of sp³-hybridized carbons (Fsp3) is 0.900. The summed E-state index contributed by atoms with van der Waals surface area (Å²) in [5.41, 5.74) is 0. The van der Waals surface area contributed by atoms with E-state index in [-0.39, 0.29) is 0 Å². The van der Waals surface area contributed by atoms with Crippen LogP contribution in [0.1, 0.15) is 19.8 Å². The summed E-state index contributed by atoms with van der Waals surface area (Å²) in [6.45, 7) is 6.04. The van der Waals surface area contributed by atoms with Gasteiger partial charge in [0.25, 0.3) is 0 Å². The standard InChI is InChI=1S/C10H18N2O/c1-2-3-8-6-12(7-8)10(13)9-4-11-5-9/h8-9,11H,2-7H2,1H3. The second-order valence-corrected chi connectivity index (χ2v) is 4.25. The summed E-state index contributed by atoms with van der Waals surface area (Å²) >= 11 is 0. The van der Waals surface area contributed by atoms with Gasteiger partial charge < -0.3 is 10.2 Å². The van der Waals surface area contributed by atoms with Crippen LogP contribution in [0.25, 0.3) is 0 Å². The fourth-order valence-corrected chi connectivity index (χ4v) is 2.06. The molecule has 3 nitrogen and oxygen atoms in total. The highest BCUT2D eigenvalue weighted by Crippen LogP contribution is 2.23. The molecule has 74 valence electrons. The third kappa shape index (κ3) is 1.70. The third-order valence-corrected chi connectivity index (χ3v) is 3.10. The molecule has 0 aromatic rings. The van der Waals surface area contributed by atoms with Crippen LogP contribution in [0, 0.1) is 11.8 Å². The molecular formula is C10H18N2O. The normalized spacial score (nSPS) is 23.9. The minimum atomic E-state index is 0.294. The predicted molar refractivity (Wildman–Crippen MR) is 51.3 cm³/mol. The molecule has 0 saturated carbocycles. The largest absolute Gasteiger partial charge is 0.342 e. The highest BCUT2D eigenvalue weighted by Gasteiger charge is 2.35. The second kappa shape index (κ2) is 3.66. The van der Waals surface area contributed by atoms with Crippen molar-refractivity contribution in [3.8, 4) is 0 Å². The van der Waals surface area contributed by atoms with E-state index >= 15 is 0 Å². The van der Waals surface area contributed by atoms with Crippen molar-refractivity contribution in [2.24, 2.45) is 11.8 Å². The smallest absolute Gasteiger partial charge is 0.228 e. The van der Waals surface area contributed by atoms with Crippen LogP contribution in [0.3, 0.4) is 0 Å². The predicted octanol–water partition coefficient (Wildman–Crippen LogP) is 0.464. The van der Waals surface area contributed by atoms with Gasteiger partial charge in [0.1, 0.15) is 0 Å². The van der Waals surface area contributed by atoms with Gasteiger partial charge >= 0.3 is 0 Å². The number of hydrogen-bond donors (Lipinski definition) is 1. The van der Waals surface area contributed by atoms with E-state index in [0.29, 0.717) is 11.8 Å². The van der Waals surface area contributed by atoms with E-state index in [4.69, 9.17) is 0 Å². The van der Waals surface area contributed by atoms with E-state index in [1.165, 1.54) is 12.8 Å². The molecular weight excluding hydrogens is 164 g/mol. The van der Waals surface area contributed by atoms with Crippen molar-refractivity contribution in [3.63, 3.8) is 0 Å². The lowest BCUT2D eigenvalue weighted by Gasteiger charge is -2.43. The molecule has 0 aliphatic carbocycles. The van der Waals surface area contributed by atoms with E-state index in [1.54, 1.807) is 0 Å². The Hall–Kier alpha value is -0.570. The van der Waals surface area contributed by atoms with Crippen molar-refractivity contribution in [3.05, 3.63) is 0 Å². The highest BCUT2D eigenvalue weighted by atomic mass is 16.2. The number of hydrogen-bond acceptors (Lipinski definition) is 2. The van der Waals surface area contributed by atoms with E-state index in [9.17, 15) is 4.79 Å². The molecule has 0 radical (unpaired) electrons. The Morgan fingerprint density at radius 1 is 1.46 bits per heavy atom. The van der Waals surface area contributed by atoms with Crippen molar-refractivity contribution < 1.29 is 4.79 Å². The van der Waals surface area contributed by atoms with E-state index in [2.05, 4.69) is 12.2 Å². The Balaban J connectivity index is 1.70. The number of amides is 1. The molecule has 0 aromatic carbocycles. The summed E-state index contributed by atoms with van der Waals surface area (Å²) in [7, 11) is 0. The summed E-state index contributed by atoms with van der Waals surface area (Å²) in [5, 5.41) is 3.13. The molecule has 1 amide bonds. The Kier molecular flexibility index (Phi) is 2.54. The topological polar surface area (TPSA) is 32.3 Å². The van der Waals surface area contributed by atoms with Gasteiger partial charge in [0.15, 0.2) is 0 Å². The van der Waals surface area contributed by atoms with Gasteiger partial charge in [-0.05, 0) is 12.3 Å². The van der Waals surface area contributed by atoms with Crippen LogP contribution < -0.4 is 5.32 Å². The van der Waals surface area contributed by atoms with Crippen LogP contribution in [-0.4, -0.2) is 37.0 Å². The minimum Gasteiger partial charge on any atom is -0.342 e. The van der Waals surface area contributed by atoms with Gasteiger partial charge in [0.2, 0.25) is 5.91 Å². The molecule has 0 unspecified atom stereocenters. The fourth-order valence-electron chi connectivity index (χ4n) is 2.06. The summed E-state index contributed by atoms with van der Waals surface area (Å²) in [6, 6.07) is 0. The van der Waals surface area contributed by atoms with E-state index in [0.717, 1.165) is 32.1 Å². The molecule has 0 atom stereocenters. The Bertz CT molecular complexity index is 195. The zero-order valence-electron chi connectivity index (χ0n) is 8.25. The Morgan fingerprint density at radius 2 is 2.15 bits per heavy atom. The van der Waals surface area contributed by atoms with Gasteiger partial charge in [-0.25, -0.2) is 0 Å². The van der Waals surface area contributed by atoms with Gasteiger partial charge in [-0.1, -0.05) is 13.3 Å². The molecule has 2 saturated heterocycles. The van der Waals surface area contributed by atoms with Gasteiger partial charge in [0, 0.05) is 26.2 Å². The third-order valence-electron chi connectivity index (χ3n) is 3.10. The van der Waals surface area contributed by atoms with Crippen molar-refractivity contribution >= 4 is 5.91 Å². The van der Waals surface area contributed by atoms with Gasteiger partial charge in [-0.15, -0.1) is 0 Å². The zero-order valence-corrected chi connectivity index (χ0v) is 8.25. The molecule has 2 aliphatic heterocycles. The lowest BCUT2D eigenvalue weighted by molar-refractivity contribution is -0.143. The molecule has 2 fully saturated rings. The lowest BCUT2D eigenvalue weighted by atomic mass is 9.92. The quantitative estimate of drug-likeness (QED) is 0.688. The lowest BCUT2D eigenvalue weighted by Crippen LogP contribution is -2.58. The molecule has 2 aliphatic rings. The summed E-state index contributed by atoms with van der Waals surface area (Å²) in [6.07, 6.45) is 2.53. The molecule has 0 spiro atoms. The van der Waals surface area contributed by atoms with Crippen LogP contribution in [0.15, 0.2) is 0 Å². The monoisotopic (exact) mass is 182 g/mol. The van der Waals surface area contributed by atoms with Crippen LogP contribution in [0.5, 0.6) is 0 Å². The Labute approximate surface area is 79.5 Å². The summed E-state index contributed by atoms with van der Waals surface area (Å²) < 4.78 is 0. The van der Waals surface area contributed by atoms with Gasteiger partial charge in [0.05, 0.1) is 5.92 Å². The zero-order chi connectivity index (χ0) is 9.26. The molecule has 3 heteroatoms. The SMILES string of the molecule is CCCC1CN(C(=O)C2CNC2)C1. The minimum absolute atomic E-state index is 0.294. The number of nitrogens with one attached hydrogen (secondary N) is 1. The van der Waals surface area contributed by atoms with Gasteiger partial charge in [-0.3, -0.25) is 4.79 Å². The maximum Gasteiger partial charge on any atom is 0.228 e. The van der Waals surface area contributed by atoms with Crippen LogP contribution in [0.2, 0.25) is 0 Å². The molecule has 13 heavy (non-hydrogen) atoms. The average Bonchev–Trinajstić information content (AvgIpc) is 1.91. The summed E-state index contributed by atoms with van der Waals surface area (Å²) in [5.74, 6) is 1.47. The highest BCUT2D eigenvalue weighted by molar-refractivity contribution is 5.80. The molecule has 0 aromatic heterocycles.